The van der Waals surface area contributed by atoms with Crippen LogP contribution >= 0.6 is 24.0 Å². The number of nitrogens with one attached hydrogen (secondary N) is 1. The molecule has 1 aliphatic heterocycles. The number of benzene rings is 1. The lowest BCUT2D eigenvalue weighted by molar-refractivity contribution is 0.200. The molecule has 2 aliphatic rings. The molecular formula is C24H34IN5O2. The monoisotopic (exact) mass is 551 g/mol. The number of rotatable bonds is 6. The Hall–Kier alpha value is -2.23. The Balaban J connectivity index is 0.00000289. The third-order valence-electron chi connectivity index (χ3n) is 6.04. The van der Waals surface area contributed by atoms with Gasteiger partial charge in [0.15, 0.2) is 17.5 Å². The van der Waals surface area contributed by atoms with Gasteiger partial charge in [-0.1, -0.05) is 12.1 Å². The summed E-state index contributed by atoms with van der Waals surface area (Å²) in [6.45, 7) is 4.38. The first-order valence-corrected chi connectivity index (χ1v) is 11.2. The highest BCUT2D eigenvalue weighted by atomic mass is 127. The van der Waals surface area contributed by atoms with Gasteiger partial charge in [0.05, 0.1) is 13.2 Å². The number of ether oxygens (including phenoxy) is 2. The average molecular weight is 551 g/mol. The minimum atomic E-state index is 0. The summed E-state index contributed by atoms with van der Waals surface area (Å²) < 4.78 is 11.7. The van der Waals surface area contributed by atoms with Gasteiger partial charge in [0.1, 0.15) is 5.82 Å². The van der Waals surface area contributed by atoms with Crippen LogP contribution in [0.15, 0.2) is 47.6 Å². The van der Waals surface area contributed by atoms with Gasteiger partial charge in [-0.3, -0.25) is 4.99 Å². The molecule has 1 saturated heterocycles. The van der Waals surface area contributed by atoms with Crippen LogP contribution in [0.3, 0.4) is 0 Å². The summed E-state index contributed by atoms with van der Waals surface area (Å²) in [6, 6.07) is 12.2. The summed E-state index contributed by atoms with van der Waals surface area (Å²) in [4.78, 5) is 13.6. The largest absolute Gasteiger partial charge is 0.493 e. The number of hydrogen-bond donors (Lipinski definition) is 1. The van der Waals surface area contributed by atoms with Crippen molar-refractivity contribution >= 4 is 35.8 Å². The summed E-state index contributed by atoms with van der Waals surface area (Å²) in [7, 11) is 3.54. The van der Waals surface area contributed by atoms with E-state index in [0.29, 0.717) is 12.6 Å². The number of methoxy groups -OCH3 is 1. The Morgan fingerprint density at radius 2 is 1.88 bits per heavy atom. The summed E-state index contributed by atoms with van der Waals surface area (Å²) >= 11 is 0. The van der Waals surface area contributed by atoms with Crippen LogP contribution in [0.25, 0.3) is 0 Å². The van der Waals surface area contributed by atoms with Gasteiger partial charge in [-0.25, -0.2) is 4.98 Å². The van der Waals surface area contributed by atoms with Crippen LogP contribution in [-0.4, -0.2) is 62.3 Å². The Morgan fingerprint density at radius 3 is 2.53 bits per heavy atom. The quantitative estimate of drug-likeness (QED) is 0.334. The molecule has 1 saturated carbocycles. The second kappa shape index (κ2) is 12.1. The van der Waals surface area contributed by atoms with E-state index in [4.69, 9.17) is 9.47 Å². The molecular weight excluding hydrogens is 517 g/mol. The van der Waals surface area contributed by atoms with Crippen LogP contribution in [-0.2, 0) is 6.54 Å². The maximum Gasteiger partial charge on any atom is 0.194 e. The molecule has 4 rings (SSSR count). The molecule has 1 N–H and O–H groups in total. The summed E-state index contributed by atoms with van der Waals surface area (Å²) in [5.74, 6) is 3.60. The van der Waals surface area contributed by atoms with E-state index in [1.165, 1.54) is 12.8 Å². The maximum absolute atomic E-state index is 6.24. The van der Waals surface area contributed by atoms with Gasteiger partial charge in [0, 0.05) is 46.0 Å². The second-order valence-corrected chi connectivity index (χ2v) is 8.07. The first kappa shape index (κ1) is 24.4. The van der Waals surface area contributed by atoms with E-state index < -0.39 is 0 Å². The van der Waals surface area contributed by atoms with Crippen molar-refractivity contribution in [2.24, 2.45) is 4.99 Å². The standard InChI is InChI=1S/C24H33N5O2.HI/c1-25-24(29-15-13-28(14-16-29)23-9-5-6-12-26-23)27-18-19-10-11-21(30-2)22(17-19)31-20-7-3-4-8-20;/h5-6,9-12,17,20H,3-4,7-8,13-16,18H2,1-2H3,(H,25,27);1H. The van der Waals surface area contributed by atoms with Crippen molar-refractivity contribution in [2.75, 3.05) is 45.2 Å². The Bertz CT molecular complexity index is 866. The molecule has 0 bridgehead atoms. The fourth-order valence-corrected chi connectivity index (χ4v) is 4.31. The molecule has 1 aromatic carbocycles. The van der Waals surface area contributed by atoms with Gasteiger partial charge >= 0.3 is 0 Å². The molecule has 0 amide bonds. The molecule has 2 heterocycles. The van der Waals surface area contributed by atoms with Gasteiger partial charge in [0.2, 0.25) is 0 Å². The zero-order chi connectivity index (χ0) is 21.5. The molecule has 1 aromatic heterocycles. The van der Waals surface area contributed by atoms with Gasteiger partial charge in [-0.05, 0) is 55.5 Å². The SMILES string of the molecule is CN=C(NCc1ccc(OC)c(OC2CCCC2)c1)N1CCN(c2ccccn2)CC1.I. The van der Waals surface area contributed by atoms with Crippen molar-refractivity contribution < 1.29 is 9.47 Å². The van der Waals surface area contributed by atoms with Crippen LogP contribution in [0, 0.1) is 0 Å². The van der Waals surface area contributed by atoms with Crippen molar-refractivity contribution in [3.05, 3.63) is 48.2 Å². The van der Waals surface area contributed by atoms with Crippen LogP contribution in [0.4, 0.5) is 5.82 Å². The van der Waals surface area contributed by atoms with Crippen molar-refractivity contribution in [1.29, 1.82) is 0 Å². The van der Waals surface area contributed by atoms with E-state index in [2.05, 4.69) is 43.3 Å². The normalized spacial score (nSPS) is 17.1. The van der Waals surface area contributed by atoms with Crippen LogP contribution in [0.1, 0.15) is 31.2 Å². The predicted molar refractivity (Wildman–Crippen MR) is 140 cm³/mol. The number of nitrogens with zero attached hydrogens (tertiary/aromatic N) is 4. The Labute approximate surface area is 208 Å². The van der Waals surface area contributed by atoms with E-state index in [9.17, 15) is 0 Å². The molecule has 0 spiro atoms. The lowest BCUT2D eigenvalue weighted by atomic mass is 10.2. The van der Waals surface area contributed by atoms with Crippen LogP contribution in [0.5, 0.6) is 11.5 Å². The maximum atomic E-state index is 6.24. The third-order valence-corrected chi connectivity index (χ3v) is 6.04. The molecule has 0 radical (unpaired) electrons. The molecule has 0 unspecified atom stereocenters. The van der Waals surface area contributed by atoms with Gasteiger partial charge in [-0.15, -0.1) is 24.0 Å². The fourth-order valence-electron chi connectivity index (χ4n) is 4.31. The lowest BCUT2D eigenvalue weighted by Gasteiger charge is -2.37. The molecule has 0 atom stereocenters. The van der Waals surface area contributed by atoms with Crippen LogP contribution < -0.4 is 19.7 Å². The van der Waals surface area contributed by atoms with Gasteiger partial charge in [-0.2, -0.15) is 0 Å². The number of hydrogen-bond acceptors (Lipinski definition) is 5. The topological polar surface area (TPSA) is 62.2 Å². The van der Waals surface area contributed by atoms with Gasteiger partial charge in [0.25, 0.3) is 0 Å². The summed E-state index contributed by atoms with van der Waals surface area (Å²) in [5.41, 5.74) is 1.15. The van der Waals surface area contributed by atoms with E-state index in [-0.39, 0.29) is 24.0 Å². The minimum Gasteiger partial charge on any atom is -0.493 e. The smallest absolute Gasteiger partial charge is 0.194 e. The average Bonchev–Trinajstić information content (AvgIpc) is 3.34. The Morgan fingerprint density at radius 1 is 1.09 bits per heavy atom. The van der Waals surface area contributed by atoms with Crippen molar-refractivity contribution in [1.82, 2.24) is 15.2 Å². The highest BCUT2D eigenvalue weighted by Crippen LogP contribution is 2.32. The molecule has 1 aliphatic carbocycles. The third kappa shape index (κ3) is 6.17. The number of halogens is 1. The number of aliphatic imine (C=N–C) groups is 1. The molecule has 174 valence electrons. The second-order valence-electron chi connectivity index (χ2n) is 8.07. The predicted octanol–water partition coefficient (Wildman–Crippen LogP) is 3.93. The highest BCUT2D eigenvalue weighted by Gasteiger charge is 2.21. The lowest BCUT2D eigenvalue weighted by Crippen LogP contribution is -2.52. The van der Waals surface area contributed by atoms with E-state index in [1.54, 1.807) is 7.11 Å². The molecule has 7 nitrogen and oxygen atoms in total. The molecule has 32 heavy (non-hydrogen) atoms. The van der Waals surface area contributed by atoms with E-state index >= 15 is 0 Å². The summed E-state index contributed by atoms with van der Waals surface area (Å²) in [6.07, 6.45) is 6.91. The number of piperazine rings is 1. The first-order chi connectivity index (χ1) is 15.3. The number of guanidine groups is 1. The zero-order valence-electron chi connectivity index (χ0n) is 19.0. The first-order valence-electron chi connectivity index (χ1n) is 11.2. The fraction of sp³-hybridized carbons (Fsp3) is 0.500. The molecule has 2 fully saturated rings. The number of aromatic nitrogens is 1. The minimum absolute atomic E-state index is 0. The van der Waals surface area contributed by atoms with Crippen molar-refractivity contribution in [3.8, 4) is 11.5 Å². The molecule has 8 heteroatoms. The summed E-state index contributed by atoms with van der Waals surface area (Å²) in [5, 5.41) is 3.51. The van der Waals surface area contributed by atoms with Crippen molar-refractivity contribution in [2.45, 2.75) is 38.3 Å². The van der Waals surface area contributed by atoms with Crippen molar-refractivity contribution in [3.63, 3.8) is 0 Å². The highest BCUT2D eigenvalue weighted by molar-refractivity contribution is 14.0. The molecule has 2 aromatic rings. The van der Waals surface area contributed by atoms with E-state index in [0.717, 1.165) is 67.9 Å². The zero-order valence-corrected chi connectivity index (χ0v) is 21.3. The van der Waals surface area contributed by atoms with E-state index in [1.807, 2.05) is 31.4 Å². The van der Waals surface area contributed by atoms with Gasteiger partial charge < -0.3 is 24.6 Å². The number of anilines is 1. The Kier molecular flexibility index (Phi) is 9.25. The van der Waals surface area contributed by atoms with Crippen LogP contribution in [0.2, 0.25) is 0 Å². The number of pyridine rings is 1.